The van der Waals surface area contributed by atoms with Crippen molar-refractivity contribution < 1.29 is 24.0 Å². The van der Waals surface area contributed by atoms with Gasteiger partial charge in [0.2, 0.25) is 17.8 Å². The molecule has 0 bridgehead atoms. The number of pyridine rings is 1. The van der Waals surface area contributed by atoms with Crippen LogP contribution in [0.15, 0.2) is 78.2 Å². The molecule has 0 aliphatic carbocycles. The Labute approximate surface area is 247 Å². The van der Waals surface area contributed by atoms with Gasteiger partial charge in [-0.15, -0.1) is 0 Å². The summed E-state index contributed by atoms with van der Waals surface area (Å²) in [6.07, 6.45) is 10.2. The Morgan fingerprint density at radius 3 is 2.40 bits per heavy atom. The monoisotopic (exact) mass is 583 g/mol. The summed E-state index contributed by atoms with van der Waals surface area (Å²) in [5.74, 6) is -1.65. The third-order valence-electron chi connectivity index (χ3n) is 6.43. The molecule has 220 valence electrons. The van der Waals surface area contributed by atoms with Crippen LogP contribution in [-0.4, -0.2) is 87.9 Å². The summed E-state index contributed by atoms with van der Waals surface area (Å²) in [6.45, 7) is 1.83. The van der Waals surface area contributed by atoms with Crippen molar-refractivity contribution in [3.05, 3.63) is 78.8 Å². The zero-order chi connectivity index (χ0) is 30.6. The molecule has 5 amide bonds. The average Bonchev–Trinajstić information content (AvgIpc) is 3.34. The van der Waals surface area contributed by atoms with E-state index >= 15 is 0 Å². The normalized spacial score (nSPS) is 15.0. The molecule has 2 aliphatic heterocycles. The number of amides is 5. The molecule has 14 heteroatoms. The van der Waals surface area contributed by atoms with E-state index in [2.05, 4.69) is 25.9 Å². The van der Waals surface area contributed by atoms with Gasteiger partial charge in [0, 0.05) is 81.0 Å². The Hall–Kier alpha value is -5.84. The fourth-order valence-electron chi connectivity index (χ4n) is 4.27. The predicted octanol–water partition coefficient (Wildman–Crippen LogP) is 1.06. The van der Waals surface area contributed by atoms with Crippen molar-refractivity contribution in [1.29, 1.82) is 5.26 Å². The molecule has 2 aromatic rings. The van der Waals surface area contributed by atoms with Gasteiger partial charge in [-0.2, -0.15) is 5.26 Å². The van der Waals surface area contributed by atoms with E-state index in [1.54, 1.807) is 58.6 Å². The van der Waals surface area contributed by atoms with Crippen molar-refractivity contribution in [2.75, 3.05) is 43.4 Å². The van der Waals surface area contributed by atoms with Gasteiger partial charge < -0.3 is 20.4 Å². The van der Waals surface area contributed by atoms with E-state index in [1.165, 1.54) is 0 Å². The first-order valence-corrected chi connectivity index (χ1v) is 13.4. The van der Waals surface area contributed by atoms with Crippen molar-refractivity contribution in [2.24, 2.45) is 4.99 Å². The fraction of sp³-hybridized carbons (Fsp3) is 0.241. The molecule has 0 saturated carbocycles. The maximum atomic E-state index is 13.1. The Balaban J connectivity index is 1.21. The number of nitrogens with zero attached hydrogens (tertiary/aromatic N) is 6. The van der Waals surface area contributed by atoms with Crippen molar-refractivity contribution in [3.8, 4) is 6.19 Å². The number of nitrogens with one attached hydrogen (secondary N) is 3. The third kappa shape index (κ3) is 8.57. The van der Waals surface area contributed by atoms with E-state index in [1.807, 2.05) is 6.19 Å². The highest BCUT2D eigenvalue weighted by Gasteiger charge is 2.25. The van der Waals surface area contributed by atoms with Gasteiger partial charge in [-0.1, -0.05) is 6.07 Å². The van der Waals surface area contributed by atoms with E-state index < -0.39 is 17.7 Å². The topological polar surface area (TPSA) is 180 Å². The van der Waals surface area contributed by atoms with Gasteiger partial charge >= 0.3 is 0 Å². The van der Waals surface area contributed by atoms with E-state index in [0.717, 1.165) is 29.3 Å². The van der Waals surface area contributed by atoms with Gasteiger partial charge in [0.25, 0.3) is 17.7 Å². The smallest absolute Gasteiger partial charge is 0.257 e. The van der Waals surface area contributed by atoms with E-state index in [0.29, 0.717) is 56.1 Å². The highest BCUT2D eigenvalue weighted by molar-refractivity contribution is 6.14. The minimum atomic E-state index is -0.572. The number of nitriles is 1. The Bertz CT molecular complexity index is 1490. The van der Waals surface area contributed by atoms with E-state index in [-0.39, 0.29) is 24.2 Å². The summed E-state index contributed by atoms with van der Waals surface area (Å²) in [5, 5.41) is 17.0. The second kappa shape index (κ2) is 14.7. The van der Waals surface area contributed by atoms with Crippen molar-refractivity contribution >= 4 is 46.9 Å². The van der Waals surface area contributed by atoms with Crippen LogP contribution < -0.4 is 16.0 Å². The summed E-state index contributed by atoms with van der Waals surface area (Å²) in [4.78, 5) is 73.7. The minimum absolute atomic E-state index is 0.0387. The quantitative estimate of drug-likeness (QED) is 0.0740. The number of anilines is 2. The van der Waals surface area contributed by atoms with Crippen LogP contribution >= 0.6 is 0 Å². The van der Waals surface area contributed by atoms with Crippen LogP contribution in [0.2, 0.25) is 0 Å². The van der Waals surface area contributed by atoms with Gasteiger partial charge in [0.05, 0.1) is 11.9 Å². The summed E-state index contributed by atoms with van der Waals surface area (Å²) in [7, 11) is 0. The zero-order valence-electron chi connectivity index (χ0n) is 23.1. The molecule has 1 fully saturated rings. The van der Waals surface area contributed by atoms with Crippen LogP contribution in [0.4, 0.5) is 11.4 Å². The predicted molar refractivity (Wildman–Crippen MR) is 156 cm³/mol. The minimum Gasteiger partial charge on any atom is -0.339 e. The van der Waals surface area contributed by atoms with Gasteiger partial charge in [-0.25, -0.2) is 0 Å². The molecular weight excluding hydrogens is 554 g/mol. The number of benzene rings is 1. The Kier molecular flexibility index (Phi) is 10.3. The molecular formula is C29H29N9O5. The molecule has 3 heterocycles. The summed E-state index contributed by atoms with van der Waals surface area (Å²) >= 11 is 0. The lowest BCUT2D eigenvalue weighted by atomic mass is 10.1. The second-order valence-corrected chi connectivity index (χ2v) is 9.38. The molecule has 2 aliphatic rings. The number of imide groups is 1. The number of guanidine groups is 1. The molecule has 1 saturated heterocycles. The first-order valence-electron chi connectivity index (χ1n) is 13.4. The lowest BCUT2D eigenvalue weighted by Gasteiger charge is -2.35. The maximum Gasteiger partial charge on any atom is 0.257 e. The van der Waals surface area contributed by atoms with Crippen LogP contribution in [0, 0.1) is 11.5 Å². The third-order valence-corrected chi connectivity index (χ3v) is 6.43. The van der Waals surface area contributed by atoms with E-state index in [4.69, 9.17) is 5.26 Å². The van der Waals surface area contributed by atoms with Crippen molar-refractivity contribution in [1.82, 2.24) is 25.0 Å². The number of carbonyl (C=O) groups is 5. The molecule has 1 aromatic heterocycles. The molecule has 43 heavy (non-hydrogen) atoms. The Morgan fingerprint density at radius 2 is 1.70 bits per heavy atom. The number of aliphatic imine (C=N–C) groups is 1. The van der Waals surface area contributed by atoms with Gasteiger partial charge in [0.15, 0.2) is 6.19 Å². The van der Waals surface area contributed by atoms with Gasteiger partial charge in [-0.3, -0.25) is 44.2 Å². The number of piperazine rings is 1. The molecule has 3 N–H and O–H groups in total. The molecule has 0 unspecified atom stereocenters. The van der Waals surface area contributed by atoms with Gasteiger partial charge in [0.1, 0.15) is 0 Å². The highest BCUT2D eigenvalue weighted by atomic mass is 16.2. The molecule has 1 aromatic carbocycles. The number of hydrogen-bond donors (Lipinski definition) is 3. The van der Waals surface area contributed by atoms with Crippen LogP contribution in [-0.2, 0) is 19.2 Å². The van der Waals surface area contributed by atoms with Crippen LogP contribution in [0.25, 0.3) is 0 Å². The Morgan fingerprint density at radius 1 is 0.977 bits per heavy atom. The molecule has 0 radical (unpaired) electrons. The van der Waals surface area contributed by atoms with Crippen molar-refractivity contribution in [3.63, 3.8) is 0 Å². The first-order chi connectivity index (χ1) is 20.8. The number of aromatic nitrogens is 1. The maximum absolute atomic E-state index is 13.1. The lowest BCUT2D eigenvalue weighted by Crippen LogP contribution is -2.50. The van der Waals surface area contributed by atoms with Crippen molar-refractivity contribution in [2.45, 2.75) is 12.8 Å². The summed E-state index contributed by atoms with van der Waals surface area (Å²) < 4.78 is 0. The average molecular weight is 584 g/mol. The van der Waals surface area contributed by atoms with Crippen LogP contribution in [0.5, 0.6) is 0 Å². The van der Waals surface area contributed by atoms with Crippen LogP contribution in [0.1, 0.15) is 23.2 Å². The molecule has 4 rings (SSSR count). The highest BCUT2D eigenvalue weighted by Crippen LogP contribution is 2.15. The van der Waals surface area contributed by atoms with E-state index in [9.17, 15) is 24.0 Å². The summed E-state index contributed by atoms with van der Waals surface area (Å²) in [5.41, 5.74) is 1.41. The largest absolute Gasteiger partial charge is 0.339 e. The molecule has 0 atom stereocenters. The summed E-state index contributed by atoms with van der Waals surface area (Å²) in [6, 6.07) is 9.96. The number of carbonyl (C=O) groups excluding carboxylic acids is 5. The standard InChI is InChI=1S/C29H29N9O5/c30-20-33-29(35-23-6-2-11-31-19-23)32-12-3-7-25(40)36-14-16-37(17-15-36)28(43)21-4-1-5-22(18-21)34-24(39)10-13-38-26(41)8-9-27(38)42/h1-2,4-6,8-11,13,18-19H,3,7,12,14-17H2,(H,34,39)(H2,32,33,35)/b13-10+. The number of hydrogen-bond acceptors (Lipinski definition) is 8. The molecule has 0 spiro atoms. The molecule has 14 nitrogen and oxygen atoms in total. The zero-order valence-corrected chi connectivity index (χ0v) is 23.1. The SMILES string of the molecule is N#CNC(=NCCCC(=O)N1CCN(C(=O)c2cccc(NC(=O)/C=C/N3C(=O)C=CC3=O)c2)CC1)Nc1cccnc1. The van der Waals surface area contributed by atoms with Gasteiger partial charge in [-0.05, 0) is 36.8 Å². The van der Waals surface area contributed by atoms with Crippen LogP contribution in [0.3, 0.4) is 0 Å². The fourth-order valence-corrected chi connectivity index (χ4v) is 4.27. The first kappa shape index (κ1) is 30.1. The number of rotatable bonds is 9. The second-order valence-electron chi connectivity index (χ2n) is 9.38. The lowest BCUT2D eigenvalue weighted by molar-refractivity contribution is -0.134.